The Hall–Kier alpha value is -2.56. The zero-order valence-corrected chi connectivity index (χ0v) is 15.9. The summed E-state index contributed by atoms with van der Waals surface area (Å²) in [5.74, 6) is 1.76. The van der Waals surface area contributed by atoms with Crippen LogP contribution in [0.5, 0.6) is 5.75 Å². The first-order valence-corrected chi connectivity index (χ1v) is 9.45. The molecule has 0 atom stereocenters. The number of aliphatic imine (C=N–C) groups is 1. The third-order valence-electron chi connectivity index (χ3n) is 3.87. The molecule has 0 bridgehead atoms. The molecule has 0 saturated heterocycles. The highest BCUT2D eigenvalue weighted by Crippen LogP contribution is 2.12. The quantitative estimate of drug-likeness (QED) is 0.389. The number of guanidine groups is 1. The Balaban J connectivity index is 1.78. The molecule has 26 heavy (non-hydrogen) atoms. The van der Waals surface area contributed by atoms with Gasteiger partial charge in [0.15, 0.2) is 5.96 Å². The summed E-state index contributed by atoms with van der Waals surface area (Å²) in [5.41, 5.74) is 2.24. The van der Waals surface area contributed by atoms with Crippen LogP contribution >= 0.6 is 0 Å². The van der Waals surface area contributed by atoms with E-state index in [2.05, 4.69) is 46.6 Å². The van der Waals surface area contributed by atoms with Crippen LogP contribution in [0.25, 0.3) is 0 Å². The summed E-state index contributed by atoms with van der Waals surface area (Å²) in [6, 6.07) is 14.2. The first-order valence-electron chi connectivity index (χ1n) is 9.45. The van der Waals surface area contributed by atoms with Crippen molar-refractivity contribution in [2.45, 2.75) is 39.7 Å². The smallest absolute Gasteiger partial charge is 0.191 e. The molecule has 0 aliphatic heterocycles. The van der Waals surface area contributed by atoms with Crippen LogP contribution in [0, 0.1) is 0 Å². The summed E-state index contributed by atoms with van der Waals surface area (Å²) in [7, 11) is 0. The molecular weight excluding hydrogens is 324 g/mol. The van der Waals surface area contributed by atoms with Crippen molar-refractivity contribution in [2.75, 3.05) is 19.7 Å². The van der Waals surface area contributed by atoms with Crippen LogP contribution in [0.4, 0.5) is 0 Å². The monoisotopic (exact) mass is 354 g/mol. The van der Waals surface area contributed by atoms with E-state index in [1.54, 1.807) is 6.20 Å². The summed E-state index contributed by atoms with van der Waals surface area (Å²) >= 11 is 0. The van der Waals surface area contributed by atoms with Crippen LogP contribution < -0.4 is 15.4 Å². The lowest BCUT2D eigenvalue weighted by Crippen LogP contribution is -2.38. The number of hydrogen-bond donors (Lipinski definition) is 2. The van der Waals surface area contributed by atoms with Crippen LogP contribution in [0.3, 0.4) is 0 Å². The Kier molecular flexibility index (Phi) is 9.05. The van der Waals surface area contributed by atoms with Crippen LogP contribution in [0.1, 0.15) is 37.9 Å². The lowest BCUT2D eigenvalue weighted by molar-refractivity contribution is 0.309. The van der Waals surface area contributed by atoms with E-state index in [1.165, 1.54) is 5.56 Å². The van der Waals surface area contributed by atoms with E-state index in [-0.39, 0.29) is 0 Å². The van der Waals surface area contributed by atoms with E-state index in [1.807, 2.05) is 30.3 Å². The minimum atomic E-state index is 0.569. The number of hydrogen-bond acceptors (Lipinski definition) is 3. The molecule has 5 nitrogen and oxygen atoms in total. The standard InChI is InChI=1S/C21H30N4O/c1-3-5-16-26-20-11-9-18(10-12-20)13-15-24-21(22-4-2)25-17-19-8-6-7-14-23-19/h6-12,14H,3-5,13,15-17H2,1-2H3,(H2,22,24,25). The molecule has 2 rings (SSSR count). The van der Waals surface area contributed by atoms with Gasteiger partial charge in [-0.3, -0.25) is 4.98 Å². The highest BCUT2D eigenvalue weighted by Gasteiger charge is 2.00. The molecule has 5 heteroatoms. The van der Waals surface area contributed by atoms with Crippen molar-refractivity contribution in [3.8, 4) is 5.75 Å². The summed E-state index contributed by atoms with van der Waals surface area (Å²) < 4.78 is 5.70. The molecule has 0 radical (unpaired) electrons. The molecule has 2 N–H and O–H groups in total. The van der Waals surface area contributed by atoms with E-state index in [0.717, 1.165) is 56.4 Å². The fourth-order valence-corrected chi connectivity index (χ4v) is 2.41. The lowest BCUT2D eigenvalue weighted by Gasteiger charge is -2.11. The van der Waals surface area contributed by atoms with Crippen molar-refractivity contribution in [2.24, 2.45) is 4.99 Å². The Morgan fingerprint density at radius 3 is 2.62 bits per heavy atom. The number of benzene rings is 1. The minimum absolute atomic E-state index is 0.569. The fraction of sp³-hybridized carbons (Fsp3) is 0.429. The Morgan fingerprint density at radius 1 is 1.08 bits per heavy atom. The Labute approximate surface area is 156 Å². The second-order valence-electron chi connectivity index (χ2n) is 6.04. The van der Waals surface area contributed by atoms with Gasteiger partial charge in [0, 0.05) is 19.3 Å². The molecule has 1 aromatic heterocycles. The van der Waals surface area contributed by atoms with E-state index in [4.69, 9.17) is 4.74 Å². The number of aromatic nitrogens is 1. The van der Waals surface area contributed by atoms with Crippen molar-refractivity contribution >= 4 is 5.96 Å². The zero-order chi connectivity index (χ0) is 18.5. The highest BCUT2D eigenvalue weighted by atomic mass is 16.5. The van der Waals surface area contributed by atoms with Gasteiger partial charge in [0.05, 0.1) is 18.8 Å². The third kappa shape index (κ3) is 7.55. The topological polar surface area (TPSA) is 58.5 Å². The molecule has 0 spiro atoms. The molecule has 0 amide bonds. The van der Waals surface area contributed by atoms with Crippen LogP contribution in [0.15, 0.2) is 53.7 Å². The first-order chi connectivity index (χ1) is 12.8. The van der Waals surface area contributed by atoms with E-state index < -0.39 is 0 Å². The number of nitrogens with one attached hydrogen (secondary N) is 2. The molecule has 0 unspecified atom stereocenters. The largest absolute Gasteiger partial charge is 0.494 e. The SMILES string of the molecule is CCCCOc1ccc(CCNC(=NCc2ccccn2)NCC)cc1. The van der Waals surface area contributed by atoms with Gasteiger partial charge < -0.3 is 15.4 Å². The molecule has 0 saturated carbocycles. The van der Waals surface area contributed by atoms with Gasteiger partial charge in [-0.2, -0.15) is 0 Å². The van der Waals surface area contributed by atoms with Crippen molar-refractivity contribution in [1.29, 1.82) is 0 Å². The van der Waals surface area contributed by atoms with Crippen molar-refractivity contribution in [1.82, 2.24) is 15.6 Å². The predicted octanol–water partition coefficient (Wildman–Crippen LogP) is 3.56. The minimum Gasteiger partial charge on any atom is -0.494 e. The third-order valence-corrected chi connectivity index (χ3v) is 3.87. The van der Waals surface area contributed by atoms with E-state index >= 15 is 0 Å². The molecule has 0 aliphatic rings. The molecular formula is C21H30N4O. The summed E-state index contributed by atoms with van der Waals surface area (Å²) in [6.45, 7) is 7.24. The number of nitrogens with zero attached hydrogens (tertiary/aromatic N) is 2. The van der Waals surface area contributed by atoms with E-state index in [9.17, 15) is 0 Å². The maximum absolute atomic E-state index is 5.70. The van der Waals surface area contributed by atoms with Gasteiger partial charge in [0.1, 0.15) is 5.75 Å². The summed E-state index contributed by atoms with van der Waals surface area (Å²) in [5, 5.41) is 6.64. The maximum atomic E-state index is 5.70. The normalized spacial score (nSPS) is 11.2. The van der Waals surface area contributed by atoms with Crippen molar-refractivity contribution in [3.63, 3.8) is 0 Å². The average molecular weight is 354 g/mol. The van der Waals surface area contributed by atoms with Crippen molar-refractivity contribution in [3.05, 3.63) is 59.9 Å². The van der Waals surface area contributed by atoms with Gasteiger partial charge in [-0.15, -0.1) is 0 Å². The van der Waals surface area contributed by atoms with Gasteiger partial charge in [0.25, 0.3) is 0 Å². The van der Waals surface area contributed by atoms with Gasteiger partial charge >= 0.3 is 0 Å². The van der Waals surface area contributed by atoms with Crippen LogP contribution in [-0.4, -0.2) is 30.6 Å². The zero-order valence-electron chi connectivity index (χ0n) is 15.9. The lowest BCUT2D eigenvalue weighted by atomic mass is 10.1. The van der Waals surface area contributed by atoms with Gasteiger partial charge in [-0.1, -0.05) is 31.5 Å². The molecule has 1 aromatic carbocycles. The second kappa shape index (κ2) is 11.9. The molecule has 0 fully saturated rings. The van der Waals surface area contributed by atoms with Gasteiger partial charge in [-0.25, -0.2) is 4.99 Å². The molecule has 140 valence electrons. The number of pyridine rings is 1. The van der Waals surface area contributed by atoms with Crippen LogP contribution in [0.2, 0.25) is 0 Å². The van der Waals surface area contributed by atoms with Gasteiger partial charge in [0.2, 0.25) is 0 Å². The summed E-state index contributed by atoms with van der Waals surface area (Å²) in [6.07, 6.45) is 4.97. The fourth-order valence-electron chi connectivity index (χ4n) is 2.41. The van der Waals surface area contributed by atoms with Crippen molar-refractivity contribution < 1.29 is 4.74 Å². The molecule has 0 aliphatic carbocycles. The predicted molar refractivity (Wildman–Crippen MR) is 108 cm³/mol. The highest BCUT2D eigenvalue weighted by molar-refractivity contribution is 5.79. The Morgan fingerprint density at radius 2 is 1.92 bits per heavy atom. The number of rotatable bonds is 10. The number of ether oxygens (including phenoxy) is 1. The van der Waals surface area contributed by atoms with Crippen LogP contribution in [-0.2, 0) is 13.0 Å². The first kappa shape index (κ1) is 19.8. The number of unbranched alkanes of at least 4 members (excludes halogenated alkanes) is 1. The Bertz CT molecular complexity index is 641. The average Bonchev–Trinajstić information content (AvgIpc) is 2.68. The molecule has 1 heterocycles. The maximum Gasteiger partial charge on any atom is 0.191 e. The summed E-state index contributed by atoms with van der Waals surface area (Å²) in [4.78, 5) is 8.88. The molecule has 2 aromatic rings. The second-order valence-corrected chi connectivity index (χ2v) is 6.04. The van der Waals surface area contributed by atoms with Gasteiger partial charge in [-0.05, 0) is 49.6 Å². The van der Waals surface area contributed by atoms with E-state index in [0.29, 0.717) is 6.54 Å².